The van der Waals surface area contributed by atoms with E-state index < -0.39 is 18.1 Å². The molecule has 1 aromatic heterocycles. The molecule has 2 aromatic rings. The number of benzene rings is 1. The molecule has 4 nitrogen and oxygen atoms in total. The maximum atomic E-state index is 12.7. The van der Waals surface area contributed by atoms with Gasteiger partial charge in [0.25, 0.3) is 5.91 Å². The van der Waals surface area contributed by atoms with Crippen molar-refractivity contribution >= 4 is 17.0 Å². The van der Waals surface area contributed by atoms with Crippen LogP contribution in [-0.4, -0.2) is 34.6 Å². The molecule has 2 rings (SSSR count). The van der Waals surface area contributed by atoms with E-state index in [2.05, 4.69) is 4.98 Å². The summed E-state index contributed by atoms with van der Waals surface area (Å²) in [6, 6.07) is 2.54. The number of rotatable bonds is 3. The molecule has 0 fully saturated rings. The van der Waals surface area contributed by atoms with Crippen molar-refractivity contribution in [2.45, 2.75) is 26.1 Å². The van der Waals surface area contributed by atoms with Gasteiger partial charge in [-0.25, -0.2) is 4.98 Å². The van der Waals surface area contributed by atoms with Gasteiger partial charge in [0.1, 0.15) is 11.6 Å². The first-order chi connectivity index (χ1) is 9.34. The molecule has 0 N–H and O–H groups in total. The van der Waals surface area contributed by atoms with Crippen LogP contribution in [0.3, 0.4) is 0 Å². The second kappa shape index (κ2) is 5.15. The van der Waals surface area contributed by atoms with Crippen LogP contribution in [0.5, 0.6) is 0 Å². The van der Waals surface area contributed by atoms with Gasteiger partial charge in [0.15, 0.2) is 12.0 Å². The molecule has 0 saturated carbocycles. The first-order valence-corrected chi connectivity index (χ1v) is 6.05. The van der Waals surface area contributed by atoms with Gasteiger partial charge in [0.05, 0.1) is 0 Å². The van der Waals surface area contributed by atoms with E-state index in [1.165, 1.54) is 31.5 Å². The number of oxazole rings is 1. The largest absolute Gasteiger partial charge is 0.443 e. The van der Waals surface area contributed by atoms with Crippen LogP contribution >= 0.6 is 0 Å². The molecule has 1 unspecified atom stereocenters. The molecule has 1 heterocycles. The minimum absolute atomic E-state index is 0.0338. The van der Waals surface area contributed by atoms with Gasteiger partial charge in [0.2, 0.25) is 0 Å². The van der Waals surface area contributed by atoms with Gasteiger partial charge in [-0.3, -0.25) is 4.79 Å². The number of fused-ring (bicyclic) bond motifs is 1. The normalized spacial score (nSPS) is 13.4. The lowest BCUT2D eigenvalue weighted by Gasteiger charge is -2.29. The number of hydrogen-bond acceptors (Lipinski definition) is 3. The summed E-state index contributed by atoms with van der Waals surface area (Å²) in [5.41, 5.74) is 1.06. The van der Waals surface area contributed by atoms with E-state index in [1.807, 2.05) is 0 Å². The van der Waals surface area contributed by atoms with Crippen molar-refractivity contribution in [1.29, 1.82) is 0 Å². The van der Waals surface area contributed by atoms with Crippen LogP contribution in [0.4, 0.5) is 13.2 Å². The molecule has 0 bridgehead atoms. The van der Waals surface area contributed by atoms with Crippen LogP contribution in [0.1, 0.15) is 24.2 Å². The molecule has 108 valence electrons. The molecule has 7 heteroatoms. The smallest absolute Gasteiger partial charge is 0.408 e. The van der Waals surface area contributed by atoms with E-state index in [4.69, 9.17) is 4.42 Å². The van der Waals surface area contributed by atoms with Gasteiger partial charge >= 0.3 is 6.18 Å². The van der Waals surface area contributed by atoms with Gasteiger partial charge in [-0.2, -0.15) is 13.2 Å². The number of hydrogen-bond donors (Lipinski definition) is 0. The molecular weight excluding hydrogens is 273 g/mol. The van der Waals surface area contributed by atoms with Crippen LogP contribution < -0.4 is 0 Å². The highest BCUT2D eigenvalue weighted by atomic mass is 19.4. The summed E-state index contributed by atoms with van der Waals surface area (Å²) >= 11 is 0. The maximum Gasteiger partial charge on any atom is 0.408 e. The molecule has 1 aromatic carbocycles. The first kappa shape index (κ1) is 14.4. The van der Waals surface area contributed by atoms with Crippen molar-refractivity contribution in [2.75, 3.05) is 6.54 Å². The number of alkyl halides is 3. The Balaban J connectivity index is 2.32. The molecular formula is C13H13F3N2O2. The van der Waals surface area contributed by atoms with Crippen molar-refractivity contribution in [3.05, 3.63) is 30.2 Å². The van der Waals surface area contributed by atoms with Gasteiger partial charge in [-0.05, 0) is 32.0 Å². The van der Waals surface area contributed by atoms with E-state index in [0.717, 1.165) is 11.8 Å². The van der Waals surface area contributed by atoms with Crippen molar-refractivity contribution in [2.24, 2.45) is 0 Å². The summed E-state index contributed by atoms with van der Waals surface area (Å²) in [5.74, 6) is -0.685. The monoisotopic (exact) mass is 286 g/mol. The number of carbonyl (C=O) groups is 1. The summed E-state index contributed by atoms with van der Waals surface area (Å²) in [4.78, 5) is 16.9. The maximum absolute atomic E-state index is 12.7. The predicted octanol–water partition coefficient (Wildman–Crippen LogP) is 3.24. The standard InChI is InChI=1S/C13H13F3N2O2/c1-3-18(8(2)13(14,15)16)12(19)9-4-5-10-11(6-9)20-7-17-10/h4-8H,3H2,1-2H3. The highest BCUT2D eigenvalue weighted by Gasteiger charge is 2.41. The lowest BCUT2D eigenvalue weighted by molar-refractivity contribution is -0.171. The fourth-order valence-corrected chi connectivity index (χ4v) is 1.92. The molecule has 0 radical (unpaired) electrons. The zero-order valence-corrected chi connectivity index (χ0v) is 10.9. The highest BCUT2D eigenvalue weighted by molar-refractivity contribution is 5.97. The van der Waals surface area contributed by atoms with Gasteiger partial charge in [-0.15, -0.1) is 0 Å². The van der Waals surface area contributed by atoms with E-state index in [0.29, 0.717) is 11.1 Å². The number of halogens is 3. The Hall–Kier alpha value is -2.05. The second-order valence-corrected chi connectivity index (χ2v) is 4.34. The van der Waals surface area contributed by atoms with E-state index in [1.54, 1.807) is 0 Å². The Kier molecular flexibility index (Phi) is 3.69. The average molecular weight is 286 g/mol. The highest BCUT2D eigenvalue weighted by Crippen LogP contribution is 2.26. The number of aromatic nitrogens is 1. The zero-order valence-electron chi connectivity index (χ0n) is 10.9. The summed E-state index contributed by atoms with van der Waals surface area (Å²) in [7, 11) is 0. The third-order valence-electron chi connectivity index (χ3n) is 3.12. The Morgan fingerprint density at radius 3 is 2.75 bits per heavy atom. The second-order valence-electron chi connectivity index (χ2n) is 4.34. The van der Waals surface area contributed by atoms with Crippen molar-refractivity contribution < 1.29 is 22.4 Å². The topological polar surface area (TPSA) is 46.3 Å². The lowest BCUT2D eigenvalue weighted by Crippen LogP contribution is -2.46. The Morgan fingerprint density at radius 2 is 2.15 bits per heavy atom. The quantitative estimate of drug-likeness (QED) is 0.870. The van der Waals surface area contributed by atoms with Gasteiger partial charge in [-0.1, -0.05) is 0 Å². The van der Waals surface area contributed by atoms with E-state index >= 15 is 0 Å². The third kappa shape index (κ3) is 2.61. The van der Waals surface area contributed by atoms with E-state index in [9.17, 15) is 18.0 Å². The fraction of sp³-hybridized carbons (Fsp3) is 0.385. The Bertz CT molecular complexity index is 621. The Morgan fingerprint density at radius 1 is 1.45 bits per heavy atom. The van der Waals surface area contributed by atoms with Crippen molar-refractivity contribution in [1.82, 2.24) is 9.88 Å². The summed E-state index contributed by atoms with van der Waals surface area (Å²) in [5, 5.41) is 0. The summed E-state index contributed by atoms with van der Waals surface area (Å²) in [6.07, 6.45) is -3.24. The average Bonchev–Trinajstić information content (AvgIpc) is 2.85. The molecule has 20 heavy (non-hydrogen) atoms. The van der Waals surface area contributed by atoms with Gasteiger partial charge in [0, 0.05) is 12.1 Å². The van der Waals surface area contributed by atoms with Gasteiger partial charge < -0.3 is 9.32 Å². The molecule has 1 amide bonds. The zero-order chi connectivity index (χ0) is 14.9. The van der Waals surface area contributed by atoms with Crippen LogP contribution in [0.25, 0.3) is 11.1 Å². The van der Waals surface area contributed by atoms with Crippen molar-refractivity contribution in [3.8, 4) is 0 Å². The summed E-state index contributed by atoms with van der Waals surface area (Å²) < 4.78 is 43.3. The predicted molar refractivity (Wildman–Crippen MR) is 66.2 cm³/mol. The number of nitrogens with zero attached hydrogens (tertiary/aromatic N) is 2. The molecule has 1 atom stereocenters. The number of amides is 1. The molecule has 0 saturated heterocycles. The lowest BCUT2D eigenvalue weighted by atomic mass is 10.1. The van der Waals surface area contributed by atoms with Crippen LogP contribution in [0.15, 0.2) is 29.0 Å². The molecule has 0 aliphatic carbocycles. The third-order valence-corrected chi connectivity index (χ3v) is 3.12. The summed E-state index contributed by atoms with van der Waals surface area (Å²) in [6.45, 7) is 2.44. The number of carbonyl (C=O) groups excluding carboxylic acids is 1. The van der Waals surface area contributed by atoms with Crippen LogP contribution in [0.2, 0.25) is 0 Å². The first-order valence-electron chi connectivity index (χ1n) is 6.05. The molecule has 0 aliphatic rings. The SMILES string of the molecule is CCN(C(=O)c1ccc2ncoc2c1)C(C)C(F)(F)F. The minimum Gasteiger partial charge on any atom is -0.443 e. The molecule has 0 spiro atoms. The van der Waals surface area contributed by atoms with Crippen molar-refractivity contribution in [3.63, 3.8) is 0 Å². The minimum atomic E-state index is -4.46. The van der Waals surface area contributed by atoms with Crippen LogP contribution in [-0.2, 0) is 0 Å². The van der Waals surface area contributed by atoms with Crippen LogP contribution in [0, 0.1) is 0 Å². The fourth-order valence-electron chi connectivity index (χ4n) is 1.92. The molecule has 0 aliphatic heterocycles. The Labute approximate surface area is 113 Å². The van der Waals surface area contributed by atoms with E-state index in [-0.39, 0.29) is 12.1 Å².